The zero-order valence-electron chi connectivity index (χ0n) is 10.8. The molecule has 1 aliphatic rings. The molecule has 102 valence electrons. The predicted molar refractivity (Wildman–Crippen MR) is 74.2 cm³/mol. The molecule has 4 nitrogen and oxygen atoms in total. The van der Waals surface area contributed by atoms with Crippen molar-refractivity contribution in [3.63, 3.8) is 0 Å². The van der Waals surface area contributed by atoms with Gasteiger partial charge in [0, 0.05) is 29.4 Å². The van der Waals surface area contributed by atoms with Crippen LogP contribution < -0.4 is 10.0 Å². The molecule has 0 bridgehead atoms. The molecule has 1 aromatic rings. The van der Waals surface area contributed by atoms with E-state index in [0.29, 0.717) is 23.4 Å². The van der Waals surface area contributed by atoms with Crippen LogP contribution in [0.3, 0.4) is 0 Å². The Bertz CT molecular complexity index is 490. The highest BCUT2D eigenvalue weighted by molar-refractivity contribution is 7.89. The molecule has 1 heterocycles. The van der Waals surface area contributed by atoms with Gasteiger partial charge in [-0.15, -0.1) is 11.3 Å². The number of rotatable bonds is 7. The monoisotopic (exact) mass is 288 g/mol. The van der Waals surface area contributed by atoms with Crippen LogP contribution in [-0.4, -0.2) is 21.0 Å². The Morgan fingerprint density at radius 1 is 1.44 bits per heavy atom. The zero-order chi connectivity index (χ0) is 13.2. The van der Waals surface area contributed by atoms with Gasteiger partial charge in [-0.05, 0) is 24.8 Å². The Balaban J connectivity index is 1.94. The first kappa shape index (κ1) is 14.0. The summed E-state index contributed by atoms with van der Waals surface area (Å²) in [6.45, 7) is 5.45. The zero-order valence-corrected chi connectivity index (χ0v) is 12.4. The maximum absolute atomic E-state index is 12.0. The topological polar surface area (TPSA) is 58.2 Å². The second-order valence-electron chi connectivity index (χ2n) is 5.08. The second kappa shape index (κ2) is 5.69. The largest absolute Gasteiger partial charge is 0.310 e. The first-order valence-corrected chi connectivity index (χ1v) is 8.64. The van der Waals surface area contributed by atoms with Crippen molar-refractivity contribution in [3.05, 3.63) is 16.3 Å². The van der Waals surface area contributed by atoms with Crippen molar-refractivity contribution >= 4 is 21.4 Å². The lowest BCUT2D eigenvalue weighted by Gasteiger charge is -2.05. The van der Waals surface area contributed by atoms with Gasteiger partial charge in [0.1, 0.15) is 0 Å². The van der Waals surface area contributed by atoms with Crippen LogP contribution in [0.4, 0.5) is 0 Å². The molecule has 1 aliphatic carbocycles. The van der Waals surface area contributed by atoms with Gasteiger partial charge in [0.05, 0.1) is 4.90 Å². The Kier molecular flexibility index (Phi) is 4.42. The minimum absolute atomic E-state index is 0.397. The average Bonchev–Trinajstić information content (AvgIpc) is 3.00. The standard InChI is InChI=1S/C12H20N2O2S2/c1-9(2)13-7-11-5-12(8-17-11)18(15,16)14-6-10-3-4-10/h5,8-10,13-14H,3-4,6-7H2,1-2H3. The van der Waals surface area contributed by atoms with E-state index in [1.54, 1.807) is 11.4 Å². The molecule has 0 amide bonds. The molecule has 6 heteroatoms. The summed E-state index contributed by atoms with van der Waals surface area (Å²) in [4.78, 5) is 1.45. The van der Waals surface area contributed by atoms with E-state index >= 15 is 0 Å². The molecule has 2 N–H and O–H groups in total. The summed E-state index contributed by atoms with van der Waals surface area (Å²) in [5.41, 5.74) is 0. The average molecular weight is 288 g/mol. The lowest BCUT2D eigenvalue weighted by atomic mass is 10.4. The van der Waals surface area contributed by atoms with Gasteiger partial charge < -0.3 is 5.32 Å². The van der Waals surface area contributed by atoms with Gasteiger partial charge in [-0.1, -0.05) is 13.8 Å². The Hall–Kier alpha value is -0.430. The number of nitrogens with one attached hydrogen (secondary N) is 2. The summed E-state index contributed by atoms with van der Waals surface area (Å²) < 4.78 is 26.7. The van der Waals surface area contributed by atoms with Gasteiger partial charge in [-0.3, -0.25) is 0 Å². The highest BCUT2D eigenvalue weighted by atomic mass is 32.2. The molecule has 1 aromatic heterocycles. The van der Waals surface area contributed by atoms with Crippen molar-refractivity contribution in [2.75, 3.05) is 6.54 Å². The van der Waals surface area contributed by atoms with Crippen molar-refractivity contribution in [2.24, 2.45) is 5.92 Å². The van der Waals surface area contributed by atoms with Crippen LogP contribution >= 0.6 is 11.3 Å². The molecular formula is C12H20N2O2S2. The third-order valence-corrected chi connectivity index (χ3v) is 5.37. The van der Waals surface area contributed by atoms with Gasteiger partial charge >= 0.3 is 0 Å². The maximum Gasteiger partial charge on any atom is 0.241 e. The minimum Gasteiger partial charge on any atom is -0.310 e. The summed E-state index contributed by atoms with van der Waals surface area (Å²) in [7, 11) is -3.30. The summed E-state index contributed by atoms with van der Waals surface area (Å²) in [6.07, 6.45) is 2.30. The van der Waals surface area contributed by atoms with Gasteiger partial charge in [-0.25, -0.2) is 13.1 Å². The van der Waals surface area contributed by atoms with E-state index in [1.165, 1.54) is 11.3 Å². The predicted octanol–water partition coefficient (Wildman–Crippen LogP) is 1.93. The normalized spacial score (nSPS) is 16.4. The molecule has 0 spiro atoms. The fourth-order valence-corrected chi connectivity index (χ4v) is 3.87. The van der Waals surface area contributed by atoms with Crippen molar-refractivity contribution in [2.45, 2.75) is 44.2 Å². The summed E-state index contributed by atoms with van der Waals surface area (Å²) in [5, 5.41) is 5.00. The van der Waals surface area contributed by atoms with E-state index in [0.717, 1.165) is 24.3 Å². The van der Waals surface area contributed by atoms with E-state index in [-0.39, 0.29) is 0 Å². The number of hydrogen-bond donors (Lipinski definition) is 2. The smallest absolute Gasteiger partial charge is 0.241 e. The SMILES string of the molecule is CC(C)NCc1cc(S(=O)(=O)NCC2CC2)cs1. The van der Waals surface area contributed by atoms with E-state index in [9.17, 15) is 8.42 Å². The Morgan fingerprint density at radius 3 is 2.78 bits per heavy atom. The van der Waals surface area contributed by atoms with Crippen LogP contribution in [0.25, 0.3) is 0 Å². The van der Waals surface area contributed by atoms with Crippen LogP contribution in [0.2, 0.25) is 0 Å². The molecule has 0 aliphatic heterocycles. The van der Waals surface area contributed by atoms with Crippen molar-refractivity contribution < 1.29 is 8.42 Å². The molecule has 2 rings (SSSR count). The third kappa shape index (κ3) is 4.05. The number of thiophene rings is 1. The first-order valence-electron chi connectivity index (χ1n) is 6.28. The quantitative estimate of drug-likeness (QED) is 0.806. The third-order valence-electron chi connectivity index (χ3n) is 2.88. The lowest BCUT2D eigenvalue weighted by molar-refractivity contribution is 0.577. The van der Waals surface area contributed by atoms with Gasteiger partial charge in [0.2, 0.25) is 10.0 Å². The van der Waals surface area contributed by atoms with Crippen LogP contribution in [0.15, 0.2) is 16.3 Å². The van der Waals surface area contributed by atoms with Gasteiger partial charge in [0.25, 0.3) is 0 Å². The lowest BCUT2D eigenvalue weighted by Crippen LogP contribution is -2.25. The number of sulfonamides is 1. The molecule has 0 radical (unpaired) electrons. The molecule has 18 heavy (non-hydrogen) atoms. The fraction of sp³-hybridized carbons (Fsp3) is 0.667. The van der Waals surface area contributed by atoms with E-state index in [2.05, 4.69) is 23.9 Å². The molecule has 1 saturated carbocycles. The van der Waals surface area contributed by atoms with Crippen LogP contribution in [0, 0.1) is 5.92 Å². The molecule has 1 fully saturated rings. The van der Waals surface area contributed by atoms with Crippen molar-refractivity contribution in [1.29, 1.82) is 0 Å². The Morgan fingerprint density at radius 2 is 2.17 bits per heavy atom. The van der Waals surface area contributed by atoms with Crippen molar-refractivity contribution in [3.8, 4) is 0 Å². The summed E-state index contributed by atoms with van der Waals surface area (Å²) in [5.74, 6) is 0.556. The highest BCUT2D eigenvalue weighted by Crippen LogP contribution is 2.28. The number of hydrogen-bond acceptors (Lipinski definition) is 4. The fourth-order valence-electron chi connectivity index (χ4n) is 1.53. The van der Waals surface area contributed by atoms with Crippen LogP contribution in [0.5, 0.6) is 0 Å². The van der Waals surface area contributed by atoms with Gasteiger partial charge in [0.15, 0.2) is 0 Å². The summed E-state index contributed by atoms with van der Waals surface area (Å²) >= 11 is 1.49. The molecule has 0 saturated heterocycles. The maximum atomic E-state index is 12.0. The molecular weight excluding hydrogens is 268 g/mol. The van der Waals surface area contributed by atoms with Crippen molar-refractivity contribution in [1.82, 2.24) is 10.0 Å². The molecule has 0 atom stereocenters. The van der Waals surface area contributed by atoms with E-state index < -0.39 is 10.0 Å². The second-order valence-corrected chi connectivity index (χ2v) is 7.84. The highest BCUT2D eigenvalue weighted by Gasteiger charge is 2.24. The molecule has 0 unspecified atom stereocenters. The first-order chi connectivity index (χ1) is 8.47. The van der Waals surface area contributed by atoms with E-state index in [4.69, 9.17) is 0 Å². The van der Waals surface area contributed by atoms with Gasteiger partial charge in [-0.2, -0.15) is 0 Å². The summed E-state index contributed by atoms with van der Waals surface area (Å²) in [6, 6.07) is 2.16. The minimum atomic E-state index is -3.30. The molecule has 0 aromatic carbocycles. The van der Waals surface area contributed by atoms with E-state index in [1.807, 2.05) is 0 Å². The Labute approximate surface area is 113 Å². The van der Waals surface area contributed by atoms with Crippen LogP contribution in [0.1, 0.15) is 31.6 Å². The van der Waals surface area contributed by atoms with Crippen LogP contribution in [-0.2, 0) is 16.6 Å².